The smallest absolute Gasteiger partial charge is 0.346 e. The third-order valence-electron chi connectivity index (χ3n) is 1.64. The molecule has 1 aliphatic heterocycles. The molecular formula is C12H16O3. The van der Waals surface area contributed by atoms with E-state index in [4.69, 9.17) is 0 Å². The highest BCUT2D eigenvalue weighted by Gasteiger charge is 2.28. The molecule has 1 heterocycles. The van der Waals surface area contributed by atoms with Crippen molar-refractivity contribution < 1.29 is 14.3 Å². The molecule has 82 valence electrons. The van der Waals surface area contributed by atoms with Crippen molar-refractivity contribution in [3.05, 3.63) is 36.0 Å². The summed E-state index contributed by atoms with van der Waals surface area (Å²) in [5.41, 5.74) is 0.538. The molecule has 0 unspecified atom stereocenters. The van der Waals surface area contributed by atoms with E-state index in [9.17, 15) is 9.59 Å². The molecule has 0 aromatic carbocycles. The fraction of sp³-hybridized carbons (Fsp3) is 0.333. The fourth-order valence-electron chi connectivity index (χ4n) is 1.00. The van der Waals surface area contributed by atoms with E-state index in [2.05, 4.69) is 11.3 Å². The third-order valence-corrected chi connectivity index (χ3v) is 1.64. The Hall–Kier alpha value is -1.64. The predicted octanol–water partition coefficient (Wildman–Crippen LogP) is 2.54. The van der Waals surface area contributed by atoms with Gasteiger partial charge in [0.05, 0.1) is 11.1 Å². The number of hydrogen-bond donors (Lipinski definition) is 0. The number of hydrogen-bond acceptors (Lipinski definition) is 3. The van der Waals surface area contributed by atoms with Crippen LogP contribution in [0.25, 0.3) is 0 Å². The van der Waals surface area contributed by atoms with Crippen molar-refractivity contribution in [2.45, 2.75) is 27.2 Å². The molecule has 1 rings (SSSR count). The number of cyclic esters (lactones) is 2. The molecule has 3 heteroatoms. The monoisotopic (exact) mass is 208 g/mol. The summed E-state index contributed by atoms with van der Waals surface area (Å²) in [6.07, 6.45) is 5.51. The molecule has 1 aliphatic rings. The molecule has 0 amide bonds. The Bertz CT molecular complexity index is 322. The van der Waals surface area contributed by atoms with Gasteiger partial charge in [0.1, 0.15) is 0 Å². The summed E-state index contributed by atoms with van der Waals surface area (Å²) in [5, 5.41) is 0. The summed E-state index contributed by atoms with van der Waals surface area (Å²) in [6, 6.07) is 0. The van der Waals surface area contributed by atoms with Crippen LogP contribution < -0.4 is 0 Å². The Kier molecular flexibility index (Phi) is 6.02. The number of esters is 2. The Morgan fingerprint density at radius 2 is 1.73 bits per heavy atom. The molecule has 15 heavy (non-hydrogen) atoms. The van der Waals surface area contributed by atoms with Gasteiger partial charge in [-0.15, -0.1) is 0 Å². The van der Waals surface area contributed by atoms with Crippen LogP contribution in [-0.2, 0) is 14.3 Å². The number of carbonyl (C=O) groups excluding carboxylic acids is 2. The van der Waals surface area contributed by atoms with Crippen LogP contribution in [0.15, 0.2) is 36.0 Å². The maximum absolute atomic E-state index is 11.1. The molecule has 3 nitrogen and oxygen atoms in total. The van der Waals surface area contributed by atoms with Gasteiger partial charge >= 0.3 is 11.9 Å². The molecule has 0 radical (unpaired) electrons. The second-order valence-corrected chi connectivity index (χ2v) is 2.52. The molecule has 0 aliphatic carbocycles. The Morgan fingerprint density at radius 1 is 1.20 bits per heavy atom. The summed E-state index contributed by atoms with van der Waals surface area (Å²) >= 11 is 0. The SMILES string of the molecule is C=CC1=C(/C=C/CC)C(=O)OC1=O.CC. The minimum absolute atomic E-state index is 0.245. The van der Waals surface area contributed by atoms with E-state index < -0.39 is 11.9 Å². The van der Waals surface area contributed by atoms with Crippen molar-refractivity contribution in [3.63, 3.8) is 0 Å². The van der Waals surface area contributed by atoms with Gasteiger partial charge in [0.2, 0.25) is 0 Å². The summed E-state index contributed by atoms with van der Waals surface area (Å²) in [7, 11) is 0. The van der Waals surface area contributed by atoms with Crippen LogP contribution >= 0.6 is 0 Å². The average molecular weight is 208 g/mol. The van der Waals surface area contributed by atoms with Crippen LogP contribution in [0.1, 0.15) is 27.2 Å². The van der Waals surface area contributed by atoms with Crippen molar-refractivity contribution in [3.8, 4) is 0 Å². The van der Waals surface area contributed by atoms with Crippen LogP contribution in [0.5, 0.6) is 0 Å². The lowest BCUT2D eigenvalue weighted by Gasteiger charge is -1.87. The fourth-order valence-corrected chi connectivity index (χ4v) is 1.00. The summed E-state index contributed by atoms with van der Waals surface area (Å²) in [5.74, 6) is -1.21. The van der Waals surface area contributed by atoms with Crippen molar-refractivity contribution >= 4 is 11.9 Å². The standard InChI is InChI=1S/C10H10O3.C2H6/c1-3-5-6-8-7(4-2)9(11)13-10(8)12;1-2/h4-6H,2-3H2,1H3;1-2H3/b6-5+;. The predicted molar refractivity (Wildman–Crippen MR) is 59.1 cm³/mol. The largest absolute Gasteiger partial charge is 0.386 e. The quantitative estimate of drug-likeness (QED) is 0.528. The van der Waals surface area contributed by atoms with Crippen molar-refractivity contribution in [2.75, 3.05) is 0 Å². The first-order valence-corrected chi connectivity index (χ1v) is 5.00. The zero-order valence-corrected chi connectivity index (χ0v) is 9.37. The molecule has 0 spiro atoms. The Labute approximate surface area is 90.1 Å². The number of carbonyl (C=O) groups is 2. The van der Waals surface area contributed by atoms with Crippen LogP contribution in [0.2, 0.25) is 0 Å². The first-order chi connectivity index (χ1) is 7.20. The molecular weight excluding hydrogens is 192 g/mol. The van der Waals surface area contributed by atoms with E-state index in [1.807, 2.05) is 20.8 Å². The van der Waals surface area contributed by atoms with Gasteiger partial charge in [-0.2, -0.15) is 0 Å². The second-order valence-electron chi connectivity index (χ2n) is 2.52. The summed E-state index contributed by atoms with van der Waals surface area (Å²) in [6.45, 7) is 9.38. The van der Waals surface area contributed by atoms with E-state index >= 15 is 0 Å². The van der Waals surface area contributed by atoms with Crippen LogP contribution in [0, 0.1) is 0 Å². The summed E-state index contributed by atoms with van der Waals surface area (Å²) < 4.78 is 4.40. The van der Waals surface area contributed by atoms with Gasteiger partial charge in [0.15, 0.2) is 0 Å². The van der Waals surface area contributed by atoms with E-state index in [-0.39, 0.29) is 5.57 Å². The maximum Gasteiger partial charge on any atom is 0.346 e. The topological polar surface area (TPSA) is 43.4 Å². The van der Waals surface area contributed by atoms with Crippen LogP contribution in [-0.4, -0.2) is 11.9 Å². The third kappa shape index (κ3) is 3.20. The van der Waals surface area contributed by atoms with E-state index in [1.54, 1.807) is 12.2 Å². The first kappa shape index (κ1) is 13.4. The minimum atomic E-state index is -0.615. The highest BCUT2D eigenvalue weighted by Crippen LogP contribution is 2.19. The molecule has 0 saturated heterocycles. The lowest BCUT2D eigenvalue weighted by molar-refractivity contribution is -0.150. The van der Waals surface area contributed by atoms with E-state index in [0.29, 0.717) is 5.57 Å². The van der Waals surface area contributed by atoms with E-state index in [1.165, 1.54) is 6.08 Å². The maximum atomic E-state index is 11.1. The van der Waals surface area contributed by atoms with Crippen molar-refractivity contribution in [1.29, 1.82) is 0 Å². The van der Waals surface area contributed by atoms with Gasteiger partial charge in [-0.25, -0.2) is 9.59 Å². The van der Waals surface area contributed by atoms with Gasteiger partial charge in [0.25, 0.3) is 0 Å². The van der Waals surface area contributed by atoms with Crippen molar-refractivity contribution in [1.82, 2.24) is 0 Å². The van der Waals surface area contributed by atoms with Crippen molar-refractivity contribution in [2.24, 2.45) is 0 Å². The van der Waals surface area contributed by atoms with Gasteiger partial charge in [-0.05, 0) is 6.42 Å². The highest BCUT2D eigenvalue weighted by atomic mass is 16.6. The van der Waals surface area contributed by atoms with Gasteiger partial charge in [0, 0.05) is 0 Å². The number of allylic oxidation sites excluding steroid dienone is 1. The lowest BCUT2D eigenvalue weighted by atomic mass is 10.1. The van der Waals surface area contributed by atoms with Gasteiger partial charge in [-0.3, -0.25) is 0 Å². The molecule has 0 atom stereocenters. The summed E-state index contributed by atoms with van der Waals surface area (Å²) in [4.78, 5) is 22.0. The molecule has 0 fully saturated rings. The molecule has 0 saturated carbocycles. The normalized spacial score (nSPS) is 15.1. The second kappa shape index (κ2) is 6.76. The zero-order valence-electron chi connectivity index (χ0n) is 9.37. The van der Waals surface area contributed by atoms with Crippen LogP contribution in [0.4, 0.5) is 0 Å². The van der Waals surface area contributed by atoms with Gasteiger partial charge < -0.3 is 4.74 Å². The minimum Gasteiger partial charge on any atom is -0.386 e. The zero-order chi connectivity index (χ0) is 11.8. The molecule has 0 bridgehead atoms. The molecule has 0 N–H and O–H groups in total. The highest BCUT2D eigenvalue weighted by molar-refractivity contribution is 6.15. The molecule has 0 aromatic heterocycles. The number of rotatable bonds is 3. The number of ether oxygens (including phenoxy) is 1. The lowest BCUT2D eigenvalue weighted by Crippen LogP contribution is -2.01. The van der Waals surface area contributed by atoms with E-state index in [0.717, 1.165) is 6.42 Å². The van der Waals surface area contributed by atoms with Gasteiger partial charge in [-0.1, -0.05) is 45.6 Å². The average Bonchev–Trinajstić information content (AvgIpc) is 2.52. The molecule has 0 aromatic rings. The Morgan fingerprint density at radius 3 is 2.20 bits per heavy atom. The van der Waals surface area contributed by atoms with Crippen LogP contribution in [0.3, 0.4) is 0 Å². The first-order valence-electron chi connectivity index (χ1n) is 5.00. The Balaban J connectivity index is 0.000000921.